The third-order valence-electron chi connectivity index (χ3n) is 2.20. The minimum Gasteiger partial charge on any atom is -0.128 e. The number of rotatable bonds is 1. The Balaban J connectivity index is 0.000000241. The lowest BCUT2D eigenvalue weighted by atomic mass is 10.5. The van der Waals surface area contributed by atoms with Gasteiger partial charge in [-0.3, -0.25) is 0 Å². The maximum absolute atomic E-state index is 2.37. The Hall–Kier alpha value is 0.0249. The first kappa shape index (κ1) is 16.0. The van der Waals surface area contributed by atoms with Crippen LogP contribution in [0.3, 0.4) is 0 Å². The van der Waals surface area contributed by atoms with Crippen LogP contribution in [0.4, 0.5) is 0 Å². The molecule has 2 aliphatic carbocycles. The number of hydrogen-bond donors (Lipinski definition) is 0. The van der Waals surface area contributed by atoms with E-state index in [1.807, 2.05) is 0 Å². The first-order chi connectivity index (χ1) is 7.72. The summed E-state index contributed by atoms with van der Waals surface area (Å²) in [5, 5.41) is 0. The summed E-state index contributed by atoms with van der Waals surface area (Å²) in [4.78, 5) is 0. The molecular formula is C14H23Al2. The molecule has 0 saturated heterocycles. The molecule has 85 valence electrons. The van der Waals surface area contributed by atoms with Gasteiger partial charge < -0.3 is 0 Å². The van der Waals surface area contributed by atoms with Crippen LogP contribution in [0.5, 0.6) is 0 Å². The minimum absolute atomic E-state index is 0.424. The van der Waals surface area contributed by atoms with Gasteiger partial charge >= 0.3 is 0 Å². The van der Waals surface area contributed by atoms with Gasteiger partial charge in [0.2, 0.25) is 0 Å². The van der Waals surface area contributed by atoms with Crippen LogP contribution in [0, 0.1) is 0 Å². The van der Waals surface area contributed by atoms with Gasteiger partial charge in [0, 0.05) is 0 Å². The highest BCUT2D eigenvalue weighted by molar-refractivity contribution is 6.64. The molecule has 0 unspecified atom stereocenters. The summed E-state index contributed by atoms with van der Waals surface area (Å²) >= 11 is 0.326. The van der Waals surface area contributed by atoms with Gasteiger partial charge in [-0.25, -0.2) is 0 Å². The second-order valence-electron chi connectivity index (χ2n) is 4.20. The zero-order chi connectivity index (χ0) is 12.2. The summed E-state index contributed by atoms with van der Waals surface area (Å²) < 4.78 is 1.70. The van der Waals surface area contributed by atoms with Gasteiger partial charge in [0.25, 0.3) is 14.1 Å². The standard InChI is InChI=1S/C5H6.C5H5.4CH3.2Al/c2*1-2-4-5-3-1;;;;;;/h1-4H,5H2;1-3H,4H2;4*1H3;;. The molecule has 16 heavy (non-hydrogen) atoms. The highest BCUT2D eigenvalue weighted by Gasteiger charge is 2.08. The predicted octanol–water partition coefficient (Wildman–Crippen LogP) is 4.46. The lowest BCUT2D eigenvalue weighted by Crippen LogP contribution is -2.02. The Morgan fingerprint density at radius 2 is 1.56 bits per heavy atom. The van der Waals surface area contributed by atoms with E-state index in [1.54, 1.807) is 4.44 Å². The smallest absolute Gasteiger partial charge is 0.128 e. The average molecular weight is 245 g/mol. The monoisotopic (exact) mass is 245 g/mol. The highest BCUT2D eigenvalue weighted by atomic mass is 27.2. The van der Waals surface area contributed by atoms with Crippen molar-refractivity contribution >= 4 is 29.4 Å². The molecule has 0 saturated carbocycles. The SMILES string of the molecule is C1=CCC=C1.[CH3][Al]([CH3])[C]1=CC=CC1.[CH3][Al][CH3]. The summed E-state index contributed by atoms with van der Waals surface area (Å²) in [6, 6.07) is 0. The maximum Gasteiger partial charge on any atom is 0.293 e. The van der Waals surface area contributed by atoms with Crippen molar-refractivity contribution in [1.29, 1.82) is 0 Å². The highest BCUT2D eigenvalue weighted by Crippen LogP contribution is 2.12. The molecule has 0 aromatic heterocycles. The zero-order valence-electron chi connectivity index (χ0n) is 11.1. The average Bonchev–Trinajstić information content (AvgIpc) is 2.96. The van der Waals surface area contributed by atoms with E-state index >= 15 is 0 Å². The van der Waals surface area contributed by atoms with E-state index in [9.17, 15) is 0 Å². The van der Waals surface area contributed by atoms with Crippen LogP contribution in [-0.2, 0) is 0 Å². The van der Waals surface area contributed by atoms with Crippen LogP contribution >= 0.6 is 0 Å². The van der Waals surface area contributed by atoms with Gasteiger partial charge in [-0.2, -0.15) is 0 Å². The van der Waals surface area contributed by atoms with E-state index in [1.165, 1.54) is 6.42 Å². The van der Waals surface area contributed by atoms with Crippen LogP contribution in [0.15, 0.2) is 47.0 Å². The summed E-state index contributed by atoms with van der Waals surface area (Å²) in [6.07, 6.45) is 17.4. The third-order valence-corrected chi connectivity index (χ3v) is 4.11. The Kier molecular flexibility index (Phi) is 11.5. The normalized spacial score (nSPS) is 14.6. The zero-order valence-corrected chi connectivity index (χ0v) is 13.4. The van der Waals surface area contributed by atoms with Gasteiger partial charge in [-0.05, 0) is 12.8 Å². The van der Waals surface area contributed by atoms with Gasteiger partial charge in [0.1, 0.15) is 0 Å². The largest absolute Gasteiger partial charge is 0.293 e. The van der Waals surface area contributed by atoms with Crippen molar-refractivity contribution < 1.29 is 0 Å². The molecule has 2 rings (SSSR count). The molecule has 0 spiro atoms. The summed E-state index contributed by atoms with van der Waals surface area (Å²) in [5.74, 6) is 9.16. The quantitative estimate of drug-likeness (QED) is 0.598. The topological polar surface area (TPSA) is 0 Å². The molecule has 0 fully saturated rings. The molecule has 0 nitrogen and oxygen atoms in total. The van der Waals surface area contributed by atoms with Gasteiger partial charge in [0.05, 0.1) is 0 Å². The lowest BCUT2D eigenvalue weighted by Gasteiger charge is -1.96. The molecule has 2 aliphatic rings. The van der Waals surface area contributed by atoms with Crippen LogP contribution < -0.4 is 0 Å². The van der Waals surface area contributed by atoms with Crippen molar-refractivity contribution in [1.82, 2.24) is 0 Å². The molecule has 0 aromatic rings. The molecule has 0 heterocycles. The van der Waals surface area contributed by atoms with Crippen molar-refractivity contribution in [2.75, 3.05) is 0 Å². The van der Waals surface area contributed by atoms with Crippen LogP contribution in [0.2, 0.25) is 23.1 Å². The second-order valence-corrected chi connectivity index (χ2v) is 8.40. The fourth-order valence-corrected chi connectivity index (χ4v) is 2.39. The molecule has 0 atom stereocenters. The molecule has 0 aliphatic heterocycles. The Bertz CT molecular complexity index is 260. The third kappa shape index (κ3) is 9.27. The number of allylic oxidation sites excluding steroid dienone is 8. The fourth-order valence-electron chi connectivity index (χ4n) is 1.28. The molecule has 0 N–H and O–H groups in total. The molecule has 2 heteroatoms. The summed E-state index contributed by atoms with van der Waals surface area (Å²) in [6.45, 7) is 0. The first-order valence-electron chi connectivity index (χ1n) is 6.13. The predicted molar refractivity (Wildman–Crippen MR) is 79.7 cm³/mol. The van der Waals surface area contributed by atoms with Crippen molar-refractivity contribution in [2.24, 2.45) is 0 Å². The molecule has 1 radical (unpaired) electrons. The Labute approximate surface area is 112 Å². The fraction of sp³-hybridized carbons (Fsp3) is 0.429. The van der Waals surface area contributed by atoms with Crippen LogP contribution in [0.1, 0.15) is 12.8 Å². The summed E-state index contributed by atoms with van der Waals surface area (Å²) in [7, 11) is 0. The Morgan fingerprint density at radius 1 is 1.00 bits per heavy atom. The minimum atomic E-state index is -0.424. The van der Waals surface area contributed by atoms with E-state index in [-0.39, 0.29) is 0 Å². The molecule has 0 amide bonds. The summed E-state index contributed by atoms with van der Waals surface area (Å²) in [5.41, 5.74) is 0. The molecule has 0 bridgehead atoms. The maximum atomic E-state index is 2.37. The van der Waals surface area contributed by atoms with Crippen molar-refractivity contribution in [3.05, 3.63) is 47.0 Å². The van der Waals surface area contributed by atoms with Gasteiger partial charge in [0.15, 0.2) is 15.2 Å². The molecular weight excluding hydrogens is 222 g/mol. The van der Waals surface area contributed by atoms with Crippen LogP contribution in [-0.4, -0.2) is 29.4 Å². The van der Waals surface area contributed by atoms with E-state index in [4.69, 9.17) is 0 Å². The Morgan fingerprint density at radius 3 is 1.75 bits per heavy atom. The lowest BCUT2D eigenvalue weighted by molar-refractivity contribution is 1.38. The molecule has 0 aromatic carbocycles. The second kappa shape index (κ2) is 11.5. The number of hydrogen-bond acceptors (Lipinski definition) is 0. The van der Waals surface area contributed by atoms with E-state index in [0.717, 1.165) is 21.6 Å². The van der Waals surface area contributed by atoms with Crippen LogP contribution in [0.25, 0.3) is 0 Å². The van der Waals surface area contributed by atoms with Crippen molar-refractivity contribution in [3.63, 3.8) is 0 Å². The first-order valence-corrected chi connectivity index (χ1v) is 11.3. The van der Waals surface area contributed by atoms with Gasteiger partial charge in [-0.1, -0.05) is 42.5 Å². The van der Waals surface area contributed by atoms with Crippen molar-refractivity contribution in [2.45, 2.75) is 36.0 Å². The van der Waals surface area contributed by atoms with E-state index in [0.29, 0.717) is 0 Å². The van der Waals surface area contributed by atoms with Crippen molar-refractivity contribution in [3.8, 4) is 0 Å². The van der Waals surface area contributed by atoms with E-state index in [2.05, 4.69) is 65.7 Å². The van der Waals surface area contributed by atoms with E-state index < -0.39 is 14.1 Å². The van der Waals surface area contributed by atoms with Gasteiger partial charge in [-0.15, -0.1) is 27.6 Å².